The van der Waals surface area contributed by atoms with Crippen LogP contribution in [0.4, 0.5) is 0 Å². The van der Waals surface area contributed by atoms with Gasteiger partial charge in [-0.3, -0.25) is 9.59 Å². The van der Waals surface area contributed by atoms with E-state index < -0.39 is 24.0 Å². The van der Waals surface area contributed by atoms with Gasteiger partial charge in [-0.15, -0.1) is 0 Å². The molecule has 1 aliphatic carbocycles. The highest BCUT2D eigenvalue weighted by Crippen LogP contribution is 2.27. The Kier molecular flexibility index (Phi) is 8.28. The lowest BCUT2D eigenvalue weighted by atomic mass is 9.83. The van der Waals surface area contributed by atoms with Crippen LogP contribution in [-0.2, 0) is 27.3 Å². The zero-order chi connectivity index (χ0) is 21.3. The molecular formula is C22H34N4O4. The van der Waals surface area contributed by atoms with E-state index in [1.165, 1.54) is 0 Å². The van der Waals surface area contributed by atoms with Gasteiger partial charge in [-0.25, -0.2) is 9.78 Å². The fraction of sp³-hybridized carbons (Fsp3) is 0.727. The van der Waals surface area contributed by atoms with E-state index in [2.05, 4.69) is 15.6 Å². The standard InChI is InChI=1S/C22H34N4O4/c27-19-11-7-2-1-3-8-12-26-14-17(23-15-26)13-18(22(29)30)24-21(28)20(25-19)16-9-5-4-6-10-16/h14-16,18,20H,1-13H2,(H,24,28)(H,25,27)(H,29,30)/t18?,20-/m0/s1. The normalized spacial score (nSPS) is 25.7. The highest BCUT2D eigenvalue weighted by atomic mass is 16.4. The number of fused-ring (bicyclic) bond motifs is 2. The Hall–Kier alpha value is -2.38. The molecule has 30 heavy (non-hydrogen) atoms. The molecule has 0 radical (unpaired) electrons. The quantitative estimate of drug-likeness (QED) is 0.683. The summed E-state index contributed by atoms with van der Waals surface area (Å²) in [7, 11) is 0. The summed E-state index contributed by atoms with van der Waals surface area (Å²) in [5, 5.41) is 15.3. The Morgan fingerprint density at radius 2 is 1.70 bits per heavy atom. The number of hydrogen-bond acceptors (Lipinski definition) is 4. The molecule has 8 nitrogen and oxygen atoms in total. The lowest BCUT2D eigenvalue weighted by Gasteiger charge is -2.31. The molecule has 2 bridgehead atoms. The largest absolute Gasteiger partial charge is 0.480 e. The number of aromatic nitrogens is 2. The fourth-order valence-electron chi connectivity index (χ4n) is 4.53. The van der Waals surface area contributed by atoms with Crippen LogP contribution in [0.2, 0.25) is 0 Å². The third-order valence-electron chi connectivity index (χ3n) is 6.25. The monoisotopic (exact) mass is 418 g/mol. The van der Waals surface area contributed by atoms with Crippen LogP contribution in [0.15, 0.2) is 12.5 Å². The Morgan fingerprint density at radius 1 is 1.00 bits per heavy atom. The van der Waals surface area contributed by atoms with Crippen LogP contribution in [-0.4, -0.2) is 44.5 Å². The number of carbonyl (C=O) groups excluding carboxylic acids is 2. The number of imidazole rings is 1. The van der Waals surface area contributed by atoms with Gasteiger partial charge >= 0.3 is 5.97 Å². The van der Waals surface area contributed by atoms with Gasteiger partial charge in [0.25, 0.3) is 0 Å². The number of nitrogens with zero attached hydrogens (tertiary/aromatic N) is 2. The van der Waals surface area contributed by atoms with Crippen molar-refractivity contribution >= 4 is 17.8 Å². The zero-order valence-corrected chi connectivity index (χ0v) is 17.6. The second-order valence-electron chi connectivity index (χ2n) is 8.67. The summed E-state index contributed by atoms with van der Waals surface area (Å²) in [6.45, 7) is 0.835. The molecule has 2 aliphatic rings. The predicted octanol–water partition coefficient (Wildman–Crippen LogP) is 2.41. The van der Waals surface area contributed by atoms with E-state index in [4.69, 9.17) is 0 Å². The first-order valence-corrected chi connectivity index (χ1v) is 11.4. The molecule has 0 aromatic carbocycles. The summed E-state index contributed by atoms with van der Waals surface area (Å²) in [6.07, 6.45) is 14.0. The Balaban J connectivity index is 1.77. The van der Waals surface area contributed by atoms with Crippen molar-refractivity contribution in [2.45, 2.75) is 95.7 Å². The Morgan fingerprint density at radius 3 is 2.47 bits per heavy atom. The number of nitrogens with one attached hydrogen (secondary N) is 2. The Labute approximate surface area is 177 Å². The highest BCUT2D eigenvalue weighted by Gasteiger charge is 2.33. The van der Waals surface area contributed by atoms with Crippen molar-refractivity contribution in [2.75, 3.05) is 0 Å². The van der Waals surface area contributed by atoms with Crippen LogP contribution in [0.3, 0.4) is 0 Å². The second-order valence-corrected chi connectivity index (χ2v) is 8.67. The van der Waals surface area contributed by atoms with Crippen LogP contribution < -0.4 is 10.6 Å². The third-order valence-corrected chi connectivity index (χ3v) is 6.25. The smallest absolute Gasteiger partial charge is 0.326 e. The molecule has 2 atom stereocenters. The first kappa shape index (κ1) is 22.3. The lowest BCUT2D eigenvalue weighted by molar-refractivity contribution is -0.142. The van der Waals surface area contributed by atoms with Crippen LogP contribution >= 0.6 is 0 Å². The highest BCUT2D eigenvalue weighted by molar-refractivity contribution is 5.90. The van der Waals surface area contributed by atoms with Gasteiger partial charge in [0.05, 0.1) is 12.0 Å². The topological polar surface area (TPSA) is 113 Å². The summed E-state index contributed by atoms with van der Waals surface area (Å²) < 4.78 is 1.98. The summed E-state index contributed by atoms with van der Waals surface area (Å²) >= 11 is 0. The summed E-state index contributed by atoms with van der Waals surface area (Å²) in [5.41, 5.74) is 0.644. The molecule has 1 unspecified atom stereocenters. The van der Waals surface area contributed by atoms with Gasteiger partial charge in [-0.1, -0.05) is 38.5 Å². The van der Waals surface area contributed by atoms with Crippen molar-refractivity contribution in [1.29, 1.82) is 0 Å². The number of carbonyl (C=O) groups is 3. The molecule has 3 N–H and O–H groups in total. The van der Waals surface area contributed by atoms with Crippen molar-refractivity contribution in [3.8, 4) is 0 Å². The maximum Gasteiger partial charge on any atom is 0.326 e. The summed E-state index contributed by atoms with van der Waals surface area (Å²) in [5.74, 6) is -1.55. The Bertz CT molecular complexity index is 726. The van der Waals surface area contributed by atoms with E-state index in [0.29, 0.717) is 12.1 Å². The van der Waals surface area contributed by atoms with Gasteiger partial charge < -0.3 is 20.3 Å². The van der Waals surface area contributed by atoms with Gasteiger partial charge in [0.15, 0.2) is 0 Å². The van der Waals surface area contributed by atoms with Crippen LogP contribution in [0.1, 0.15) is 76.3 Å². The molecule has 1 aromatic rings. The van der Waals surface area contributed by atoms with E-state index in [1.54, 1.807) is 6.33 Å². The van der Waals surface area contributed by atoms with Gasteiger partial charge in [-0.2, -0.15) is 0 Å². The van der Waals surface area contributed by atoms with Gasteiger partial charge in [-0.05, 0) is 31.6 Å². The SMILES string of the molecule is O=C1CCCCCCCn2cnc(c2)CC(C(=O)O)NC(=O)[C@H](C2CCCCC2)N1. The van der Waals surface area contributed by atoms with Crippen molar-refractivity contribution in [3.05, 3.63) is 18.2 Å². The molecule has 166 valence electrons. The van der Waals surface area contributed by atoms with Gasteiger partial charge in [0, 0.05) is 25.6 Å². The van der Waals surface area contributed by atoms with E-state index in [-0.39, 0.29) is 18.2 Å². The number of carboxylic acids is 1. The number of carboxylic acid groups (broad SMARTS) is 1. The first-order valence-electron chi connectivity index (χ1n) is 11.4. The molecule has 1 saturated carbocycles. The molecule has 3 rings (SSSR count). The number of rotatable bonds is 2. The van der Waals surface area contributed by atoms with Crippen molar-refractivity contribution in [2.24, 2.45) is 5.92 Å². The van der Waals surface area contributed by atoms with E-state index in [9.17, 15) is 19.5 Å². The van der Waals surface area contributed by atoms with Crippen LogP contribution in [0.5, 0.6) is 0 Å². The third kappa shape index (κ3) is 6.57. The molecule has 0 spiro atoms. The minimum absolute atomic E-state index is 0.0541. The lowest BCUT2D eigenvalue weighted by Crippen LogP contribution is -2.55. The molecule has 2 amide bonds. The molecule has 1 aliphatic heterocycles. The van der Waals surface area contributed by atoms with E-state index in [1.807, 2.05) is 10.8 Å². The molecule has 8 heteroatoms. The minimum atomic E-state index is -1.09. The maximum absolute atomic E-state index is 13.1. The van der Waals surface area contributed by atoms with Crippen molar-refractivity contribution in [1.82, 2.24) is 20.2 Å². The first-order chi connectivity index (χ1) is 14.5. The van der Waals surface area contributed by atoms with Crippen LogP contribution in [0.25, 0.3) is 0 Å². The maximum atomic E-state index is 13.1. The second kappa shape index (κ2) is 11.1. The van der Waals surface area contributed by atoms with Gasteiger partial charge in [0.2, 0.25) is 11.8 Å². The average molecular weight is 419 g/mol. The molecule has 1 aromatic heterocycles. The minimum Gasteiger partial charge on any atom is -0.480 e. The molecular weight excluding hydrogens is 384 g/mol. The fourth-order valence-corrected chi connectivity index (χ4v) is 4.53. The molecule has 0 saturated heterocycles. The van der Waals surface area contributed by atoms with E-state index in [0.717, 1.165) is 70.8 Å². The van der Waals surface area contributed by atoms with Crippen molar-refractivity contribution < 1.29 is 19.5 Å². The predicted molar refractivity (Wildman–Crippen MR) is 112 cm³/mol. The summed E-state index contributed by atoms with van der Waals surface area (Å²) in [6, 6.07) is -1.74. The average Bonchev–Trinajstić information content (AvgIpc) is 3.18. The number of hydrogen-bond donors (Lipinski definition) is 3. The number of aliphatic carboxylic acids is 1. The summed E-state index contributed by atoms with van der Waals surface area (Å²) in [4.78, 5) is 41.7. The van der Waals surface area contributed by atoms with E-state index >= 15 is 0 Å². The zero-order valence-electron chi connectivity index (χ0n) is 17.6. The van der Waals surface area contributed by atoms with Crippen LogP contribution in [0, 0.1) is 5.92 Å². The van der Waals surface area contributed by atoms with Gasteiger partial charge in [0.1, 0.15) is 12.1 Å². The van der Waals surface area contributed by atoms with Crippen molar-refractivity contribution in [3.63, 3.8) is 0 Å². The number of amides is 2. The number of aryl methyl sites for hydroxylation is 1. The molecule has 1 fully saturated rings. The molecule has 2 heterocycles.